The average molecular weight is 1190 g/mol. The quantitative estimate of drug-likeness (QED) is 0.0245. The molecule has 0 bridgehead atoms. The van der Waals surface area contributed by atoms with Crippen molar-refractivity contribution in [2.24, 2.45) is 5.92 Å². The Bertz CT molecular complexity index is 3390. The van der Waals surface area contributed by atoms with Crippen LogP contribution in [0.1, 0.15) is 120 Å². The number of carbonyl (C=O) groups excluding carboxylic acids is 3. The van der Waals surface area contributed by atoms with E-state index in [1.807, 2.05) is 92.7 Å². The van der Waals surface area contributed by atoms with Crippen LogP contribution in [0, 0.1) is 5.92 Å². The lowest BCUT2D eigenvalue weighted by Crippen LogP contribution is -2.48. The van der Waals surface area contributed by atoms with Crippen molar-refractivity contribution in [3.63, 3.8) is 0 Å². The van der Waals surface area contributed by atoms with E-state index in [1.165, 1.54) is 30.9 Å². The normalized spacial score (nSPS) is 19.0. The Labute approximate surface area is 497 Å². The van der Waals surface area contributed by atoms with Crippen LogP contribution in [0.25, 0.3) is 0 Å². The minimum atomic E-state index is -4.42. The summed E-state index contributed by atoms with van der Waals surface area (Å²) in [5, 5.41) is 6.12. The highest BCUT2D eigenvalue weighted by molar-refractivity contribution is 7.86. The predicted molar refractivity (Wildman–Crippen MR) is 331 cm³/mol. The van der Waals surface area contributed by atoms with Gasteiger partial charge in [0.25, 0.3) is 16.0 Å². The topological polar surface area (TPSA) is 206 Å². The lowest BCUT2D eigenvalue weighted by molar-refractivity contribution is -0.438. The van der Waals surface area contributed by atoms with Crippen LogP contribution in [0.4, 0.5) is 28.4 Å². The van der Waals surface area contributed by atoms with Crippen LogP contribution in [0.5, 0.6) is 0 Å². The molecule has 4 aromatic carbocycles. The summed E-state index contributed by atoms with van der Waals surface area (Å²) < 4.78 is 70.6. The molecule has 5 heterocycles. The summed E-state index contributed by atoms with van der Waals surface area (Å²) in [6.07, 6.45) is 19.4. The van der Waals surface area contributed by atoms with Gasteiger partial charge in [-0.2, -0.15) is 13.0 Å². The third kappa shape index (κ3) is 15.2. The number of fused-ring (bicyclic) bond motifs is 4. The summed E-state index contributed by atoms with van der Waals surface area (Å²) in [5.41, 5.74) is 7.45. The fourth-order valence-corrected chi connectivity index (χ4v) is 14.0. The highest BCUT2D eigenvalue weighted by atomic mass is 32.2. The zero-order valence-electron chi connectivity index (χ0n) is 49.3. The maximum Gasteiger partial charge on any atom is 0.294 e. The number of nitrogens with zero attached hydrogens (tertiary/aromatic N) is 6. The molecule has 5 aliphatic rings. The molecule has 19 heteroatoms. The van der Waals surface area contributed by atoms with E-state index >= 15 is 0 Å². The lowest BCUT2D eigenvalue weighted by Gasteiger charge is -2.35. The maximum absolute atomic E-state index is 13.9. The molecular formula is C65H84N8O9S2. The van der Waals surface area contributed by atoms with Gasteiger partial charge in [0.15, 0.2) is 5.71 Å². The molecule has 3 amide bonds. The van der Waals surface area contributed by atoms with Crippen LogP contribution in [-0.4, -0.2) is 153 Å². The van der Waals surface area contributed by atoms with Gasteiger partial charge >= 0.3 is 0 Å². The van der Waals surface area contributed by atoms with Crippen molar-refractivity contribution in [3.05, 3.63) is 144 Å². The second kappa shape index (κ2) is 27.4. The number of likely N-dealkylation sites (tertiary alicyclic amines) is 1. The molecule has 450 valence electrons. The number of rotatable bonds is 25. The number of piperazine rings is 1. The molecule has 9 rings (SSSR count). The SMILES string of the molecule is CC1(C)C(/C=C/C=C/C=C2/N(CCCCCC(=O)NCCN3CCN(CCCCC4CCN(CC(=O)N5c6ccccc6NC(=O)c6ccccc65)CC4)CC3)c3ccc(S(=O)(=O)O)cc3C2(C)C)=[N+](CCCCS(=O)(=O)[O-])c2ccccc21. The van der Waals surface area contributed by atoms with Crippen molar-refractivity contribution >= 4 is 72.1 Å². The summed E-state index contributed by atoms with van der Waals surface area (Å²) in [4.78, 5) is 51.0. The standard InChI is InChI=1S/C65H84N8O9S2/c1-64(2)52-23-11-14-26-56(52)71(38-19-20-46-83(77,78)79)59(64)28-7-5-8-29-60-65(3,4)53-47-50(84(80,81)82)31-32-57(53)72(60)37-17-6-9-30-61(74)66-35-41-69-44-42-68(43-45-69)36-18-16-21-49-33-39-70(40-34-49)48-62(75)73-55-25-13-10-22-51(55)63(76)67-54-24-12-15-27-58(54)73/h5,7-8,10-15,22-29,31-32,47,49H,6,9,16-21,30,33-46,48H2,1-4H3,(H3-,66,67,74,76,77,78,79,80,81,82). The Morgan fingerprint density at radius 3 is 2.15 bits per heavy atom. The monoisotopic (exact) mass is 1180 g/mol. The number of unbranched alkanes of at least 4 members (excludes halogenated alkanes) is 4. The van der Waals surface area contributed by atoms with Crippen LogP contribution in [0.2, 0.25) is 0 Å². The van der Waals surface area contributed by atoms with E-state index in [4.69, 9.17) is 0 Å². The van der Waals surface area contributed by atoms with Crippen LogP contribution in [-0.2, 0) is 40.7 Å². The Morgan fingerprint density at radius 1 is 0.714 bits per heavy atom. The van der Waals surface area contributed by atoms with Gasteiger partial charge in [0, 0.05) is 98.9 Å². The molecule has 4 aromatic rings. The first-order valence-electron chi connectivity index (χ1n) is 30.1. The zero-order chi connectivity index (χ0) is 59.7. The minimum Gasteiger partial charge on any atom is -0.748 e. The number of anilines is 4. The van der Waals surface area contributed by atoms with Gasteiger partial charge in [-0.15, -0.1) is 0 Å². The Balaban J connectivity index is 0.674. The molecule has 0 aliphatic carbocycles. The molecule has 2 fully saturated rings. The molecule has 3 N–H and O–H groups in total. The van der Waals surface area contributed by atoms with E-state index < -0.39 is 25.7 Å². The van der Waals surface area contributed by atoms with E-state index in [0.717, 1.165) is 113 Å². The van der Waals surface area contributed by atoms with Gasteiger partial charge in [0.05, 0.1) is 49.6 Å². The first kappa shape index (κ1) is 62.2. The van der Waals surface area contributed by atoms with Crippen LogP contribution in [0.3, 0.4) is 0 Å². The number of amides is 3. The van der Waals surface area contributed by atoms with Crippen molar-refractivity contribution < 1.29 is 44.9 Å². The molecule has 84 heavy (non-hydrogen) atoms. The van der Waals surface area contributed by atoms with Crippen LogP contribution < -0.4 is 20.4 Å². The van der Waals surface area contributed by atoms with Crippen molar-refractivity contribution in [1.82, 2.24) is 20.0 Å². The molecule has 0 unspecified atom stereocenters. The summed E-state index contributed by atoms with van der Waals surface area (Å²) >= 11 is 0. The highest BCUT2D eigenvalue weighted by Crippen LogP contribution is 2.49. The highest BCUT2D eigenvalue weighted by Gasteiger charge is 2.44. The number of piperidine rings is 1. The predicted octanol–water partition coefficient (Wildman–Crippen LogP) is 9.54. The lowest BCUT2D eigenvalue weighted by atomic mass is 9.81. The number of nitrogens with one attached hydrogen (secondary N) is 2. The second-order valence-electron chi connectivity index (χ2n) is 24.2. The van der Waals surface area contributed by atoms with Gasteiger partial charge in [0.1, 0.15) is 6.54 Å². The van der Waals surface area contributed by atoms with E-state index in [2.05, 4.69) is 66.9 Å². The van der Waals surface area contributed by atoms with Gasteiger partial charge in [-0.1, -0.05) is 93.8 Å². The third-order valence-corrected chi connectivity index (χ3v) is 19.3. The zero-order valence-corrected chi connectivity index (χ0v) is 50.9. The van der Waals surface area contributed by atoms with Crippen molar-refractivity contribution in [2.45, 2.75) is 114 Å². The van der Waals surface area contributed by atoms with E-state index in [1.54, 1.807) is 23.1 Å². The molecular weight excluding hydrogens is 1100 g/mol. The van der Waals surface area contributed by atoms with E-state index in [0.29, 0.717) is 67.6 Å². The Morgan fingerprint density at radius 2 is 1.40 bits per heavy atom. The average Bonchev–Trinajstić information content (AvgIpc) is 1.97. The largest absolute Gasteiger partial charge is 0.748 e. The van der Waals surface area contributed by atoms with Crippen LogP contribution >= 0.6 is 0 Å². The number of carbonyl (C=O) groups is 3. The summed E-state index contributed by atoms with van der Waals surface area (Å²) in [5.74, 6) is 0.0844. The van der Waals surface area contributed by atoms with Gasteiger partial charge in [-0.3, -0.25) is 33.6 Å². The van der Waals surface area contributed by atoms with Gasteiger partial charge in [0.2, 0.25) is 17.5 Å². The smallest absolute Gasteiger partial charge is 0.294 e. The second-order valence-corrected chi connectivity index (χ2v) is 27.1. The fourth-order valence-electron chi connectivity index (χ4n) is 12.9. The molecule has 0 saturated carbocycles. The number of hydrogen-bond acceptors (Lipinski definition) is 12. The molecule has 17 nitrogen and oxygen atoms in total. The fraction of sp³-hybridized carbons (Fsp3) is 0.477. The minimum absolute atomic E-state index is 0.0336. The molecule has 2 saturated heterocycles. The third-order valence-electron chi connectivity index (χ3n) is 17.7. The van der Waals surface area contributed by atoms with Crippen LogP contribution in [0.15, 0.2) is 132 Å². The number of benzene rings is 4. The Kier molecular flexibility index (Phi) is 20.3. The number of allylic oxidation sites excluding steroid dienone is 6. The van der Waals surface area contributed by atoms with Gasteiger partial charge in [-0.05, 0) is 132 Å². The first-order chi connectivity index (χ1) is 40.2. The molecule has 0 spiro atoms. The van der Waals surface area contributed by atoms with Gasteiger partial charge in [-0.25, -0.2) is 8.42 Å². The summed E-state index contributed by atoms with van der Waals surface area (Å²) in [6.45, 7) is 18.3. The summed E-state index contributed by atoms with van der Waals surface area (Å²) in [6, 6.07) is 27.7. The van der Waals surface area contributed by atoms with Crippen molar-refractivity contribution in [1.29, 1.82) is 0 Å². The van der Waals surface area contributed by atoms with E-state index in [-0.39, 0.29) is 40.2 Å². The van der Waals surface area contributed by atoms with Gasteiger partial charge < -0.3 is 25.0 Å². The van der Waals surface area contributed by atoms with E-state index in [9.17, 15) is 40.3 Å². The Hall–Kier alpha value is -6.32. The molecule has 0 atom stereocenters. The van der Waals surface area contributed by atoms with Crippen molar-refractivity contribution in [3.8, 4) is 0 Å². The summed E-state index contributed by atoms with van der Waals surface area (Å²) in [7, 11) is -8.71. The first-order valence-corrected chi connectivity index (χ1v) is 33.1. The maximum atomic E-state index is 13.9. The number of para-hydroxylation sites is 4. The van der Waals surface area contributed by atoms with Crippen molar-refractivity contribution in [2.75, 3.05) is 99.4 Å². The number of hydrogen-bond donors (Lipinski definition) is 3. The molecule has 0 radical (unpaired) electrons. The molecule has 0 aromatic heterocycles. The molecule has 5 aliphatic heterocycles.